The quantitative estimate of drug-likeness (QED) is 0.410. The van der Waals surface area contributed by atoms with Crippen LogP contribution in [-0.2, 0) is 14.3 Å². The van der Waals surface area contributed by atoms with E-state index < -0.39 is 11.9 Å². The number of fused-ring (bicyclic) bond motifs is 1. The number of hydrogen-bond acceptors (Lipinski definition) is 6. The molecule has 0 fully saturated rings. The van der Waals surface area contributed by atoms with E-state index in [0.717, 1.165) is 10.8 Å². The molecule has 0 saturated carbocycles. The third kappa shape index (κ3) is 6.13. The zero-order valence-electron chi connectivity index (χ0n) is 16.6. The Morgan fingerprint density at radius 3 is 2.37 bits per heavy atom. The molecule has 156 valence electrons. The van der Waals surface area contributed by atoms with Gasteiger partial charge in [0.05, 0.1) is 13.7 Å². The molecule has 0 aliphatic rings. The minimum Gasteiger partial charge on any atom is -0.493 e. The summed E-state index contributed by atoms with van der Waals surface area (Å²) in [5.74, 6) is 0.723. The van der Waals surface area contributed by atoms with Crippen molar-refractivity contribution >= 4 is 22.6 Å². The summed E-state index contributed by atoms with van der Waals surface area (Å²) < 4.78 is 21.1. The second kappa shape index (κ2) is 10.7. The van der Waals surface area contributed by atoms with E-state index in [9.17, 15) is 9.59 Å². The van der Waals surface area contributed by atoms with Crippen LogP contribution >= 0.6 is 0 Å². The van der Waals surface area contributed by atoms with Crippen molar-refractivity contribution in [2.75, 3.05) is 33.5 Å². The first-order valence-electron chi connectivity index (χ1n) is 9.45. The second-order valence-electron chi connectivity index (χ2n) is 6.31. The van der Waals surface area contributed by atoms with Gasteiger partial charge < -0.3 is 24.3 Å². The van der Waals surface area contributed by atoms with Crippen LogP contribution in [0.4, 0.5) is 0 Å². The molecule has 3 aromatic carbocycles. The number of ether oxygens (including phenoxy) is 4. The Hall–Kier alpha value is -3.74. The molecule has 7 nitrogen and oxygen atoms in total. The highest BCUT2D eigenvalue weighted by atomic mass is 16.6. The maximum atomic E-state index is 11.8. The summed E-state index contributed by atoms with van der Waals surface area (Å²) in [4.78, 5) is 23.6. The van der Waals surface area contributed by atoms with Crippen molar-refractivity contribution in [1.29, 1.82) is 0 Å². The minimum atomic E-state index is -0.622. The lowest BCUT2D eigenvalue weighted by atomic mass is 10.1. The van der Waals surface area contributed by atoms with Crippen LogP contribution in [0.3, 0.4) is 0 Å². The first-order chi connectivity index (χ1) is 14.7. The summed E-state index contributed by atoms with van der Waals surface area (Å²) in [5.41, 5.74) is 0. The van der Waals surface area contributed by atoms with Crippen molar-refractivity contribution in [3.05, 3.63) is 66.7 Å². The summed E-state index contributed by atoms with van der Waals surface area (Å²) >= 11 is 0. The number of para-hydroxylation sites is 2. The Labute approximate surface area is 174 Å². The molecule has 7 heteroatoms. The van der Waals surface area contributed by atoms with Crippen LogP contribution in [0.1, 0.15) is 0 Å². The van der Waals surface area contributed by atoms with Gasteiger partial charge in [-0.15, -0.1) is 0 Å². The lowest BCUT2D eigenvalue weighted by Crippen LogP contribution is -2.32. The fraction of sp³-hybridized carbons (Fsp3) is 0.217. The highest BCUT2D eigenvalue weighted by Gasteiger charge is 2.09. The van der Waals surface area contributed by atoms with Gasteiger partial charge in [0.1, 0.15) is 12.4 Å². The van der Waals surface area contributed by atoms with Crippen LogP contribution in [0.5, 0.6) is 17.2 Å². The Bertz CT molecular complexity index is 1000. The number of methoxy groups -OCH3 is 1. The molecular weight excluding hydrogens is 386 g/mol. The molecule has 0 atom stereocenters. The average Bonchev–Trinajstić information content (AvgIpc) is 2.79. The first-order valence-corrected chi connectivity index (χ1v) is 9.45. The Balaban J connectivity index is 1.32. The number of carbonyl (C=O) groups is 2. The van der Waals surface area contributed by atoms with E-state index in [1.54, 1.807) is 25.3 Å². The second-order valence-corrected chi connectivity index (χ2v) is 6.31. The van der Waals surface area contributed by atoms with Crippen LogP contribution in [0.2, 0.25) is 0 Å². The molecule has 0 heterocycles. The van der Waals surface area contributed by atoms with Gasteiger partial charge >= 0.3 is 5.97 Å². The van der Waals surface area contributed by atoms with Crippen LogP contribution in [0.15, 0.2) is 66.7 Å². The zero-order valence-corrected chi connectivity index (χ0v) is 16.6. The largest absolute Gasteiger partial charge is 0.493 e. The standard InChI is InChI=1S/C23H23NO6/c1-27-20-8-4-5-9-21(20)28-13-12-24-22(25)15-30-23(26)16-29-19-11-10-17-6-2-3-7-18(17)14-19/h2-11,14H,12-13,15-16H2,1H3,(H,24,25). The third-order valence-electron chi connectivity index (χ3n) is 4.19. The number of esters is 1. The average molecular weight is 409 g/mol. The highest BCUT2D eigenvalue weighted by Crippen LogP contribution is 2.25. The molecule has 3 aromatic rings. The van der Waals surface area contributed by atoms with Crippen molar-refractivity contribution in [3.8, 4) is 17.2 Å². The van der Waals surface area contributed by atoms with Gasteiger partial charge in [-0.25, -0.2) is 4.79 Å². The van der Waals surface area contributed by atoms with E-state index in [2.05, 4.69) is 5.32 Å². The number of benzene rings is 3. The Morgan fingerprint density at radius 2 is 1.57 bits per heavy atom. The van der Waals surface area contributed by atoms with E-state index in [4.69, 9.17) is 18.9 Å². The SMILES string of the molecule is COc1ccccc1OCCNC(=O)COC(=O)COc1ccc2ccccc2c1. The molecule has 0 aliphatic carbocycles. The summed E-state index contributed by atoms with van der Waals surface area (Å²) in [6.07, 6.45) is 0. The van der Waals surface area contributed by atoms with E-state index in [-0.39, 0.29) is 26.4 Å². The van der Waals surface area contributed by atoms with Gasteiger partial charge in [0.15, 0.2) is 24.7 Å². The summed E-state index contributed by atoms with van der Waals surface area (Å²) in [6, 6.07) is 20.6. The van der Waals surface area contributed by atoms with Gasteiger partial charge in [0.2, 0.25) is 0 Å². The number of hydrogen-bond donors (Lipinski definition) is 1. The van der Waals surface area contributed by atoms with Crippen molar-refractivity contribution in [1.82, 2.24) is 5.32 Å². The molecule has 0 saturated heterocycles. The molecule has 0 spiro atoms. The van der Waals surface area contributed by atoms with Gasteiger partial charge in [-0.2, -0.15) is 0 Å². The van der Waals surface area contributed by atoms with Crippen molar-refractivity contribution in [3.63, 3.8) is 0 Å². The lowest BCUT2D eigenvalue weighted by molar-refractivity contribution is -0.150. The van der Waals surface area contributed by atoms with Crippen molar-refractivity contribution in [2.45, 2.75) is 0 Å². The fourth-order valence-corrected chi connectivity index (χ4v) is 2.73. The third-order valence-corrected chi connectivity index (χ3v) is 4.19. The lowest BCUT2D eigenvalue weighted by Gasteiger charge is -2.11. The van der Waals surface area contributed by atoms with Gasteiger partial charge in [-0.3, -0.25) is 4.79 Å². The smallest absolute Gasteiger partial charge is 0.344 e. The maximum Gasteiger partial charge on any atom is 0.344 e. The Kier molecular flexibility index (Phi) is 7.49. The number of amides is 1. The summed E-state index contributed by atoms with van der Waals surface area (Å²) in [5, 5.41) is 4.71. The molecule has 0 aromatic heterocycles. The van der Waals surface area contributed by atoms with Gasteiger partial charge in [0.25, 0.3) is 5.91 Å². The van der Waals surface area contributed by atoms with Crippen LogP contribution in [0, 0.1) is 0 Å². The van der Waals surface area contributed by atoms with Gasteiger partial charge in [-0.05, 0) is 35.0 Å². The molecule has 1 amide bonds. The van der Waals surface area contributed by atoms with Crippen LogP contribution in [0.25, 0.3) is 10.8 Å². The predicted molar refractivity (Wildman–Crippen MR) is 112 cm³/mol. The summed E-state index contributed by atoms with van der Waals surface area (Å²) in [7, 11) is 1.56. The molecule has 0 bridgehead atoms. The number of nitrogens with one attached hydrogen (secondary N) is 1. The highest BCUT2D eigenvalue weighted by molar-refractivity contribution is 5.84. The Morgan fingerprint density at radius 1 is 0.833 bits per heavy atom. The molecule has 0 radical (unpaired) electrons. The van der Waals surface area contributed by atoms with E-state index in [1.807, 2.05) is 48.5 Å². The summed E-state index contributed by atoms with van der Waals surface area (Å²) in [6.45, 7) is -0.135. The topological polar surface area (TPSA) is 83.1 Å². The van der Waals surface area contributed by atoms with E-state index >= 15 is 0 Å². The predicted octanol–water partition coefficient (Wildman–Crippen LogP) is 2.97. The normalized spacial score (nSPS) is 10.3. The monoisotopic (exact) mass is 409 g/mol. The maximum absolute atomic E-state index is 11.8. The molecule has 30 heavy (non-hydrogen) atoms. The van der Waals surface area contributed by atoms with Crippen molar-refractivity contribution < 1.29 is 28.5 Å². The van der Waals surface area contributed by atoms with Crippen molar-refractivity contribution in [2.24, 2.45) is 0 Å². The molecule has 1 N–H and O–H groups in total. The number of rotatable bonds is 10. The molecule has 0 unspecified atom stereocenters. The van der Waals surface area contributed by atoms with Crippen LogP contribution < -0.4 is 19.5 Å². The fourth-order valence-electron chi connectivity index (χ4n) is 2.73. The number of carbonyl (C=O) groups excluding carboxylic acids is 2. The minimum absolute atomic E-state index is 0.255. The molecule has 3 rings (SSSR count). The van der Waals surface area contributed by atoms with Crippen LogP contribution in [-0.4, -0.2) is 45.4 Å². The van der Waals surface area contributed by atoms with Gasteiger partial charge in [-0.1, -0.05) is 42.5 Å². The molecule has 0 aliphatic heterocycles. The molecular formula is C23H23NO6. The van der Waals surface area contributed by atoms with E-state index in [1.165, 1.54) is 0 Å². The first kappa shape index (κ1) is 21.0. The van der Waals surface area contributed by atoms with Gasteiger partial charge in [0, 0.05) is 0 Å². The zero-order chi connectivity index (χ0) is 21.2. The van der Waals surface area contributed by atoms with E-state index in [0.29, 0.717) is 17.2 Å².